The first-order valence-corrected chi connectivity index (χ1v) is 1.61. The van der Waals surface area contributed by atoms with Crippen LogP contribution in [0, 0.1) is 5.41 Å². The number of hydrogen-bond acceptors (Lipinski definition) is 1. The first-order valence-electron chi connectivity index (χ1n) is 1.17. The van der Waals surface area contributed by atoms with E-state index >= 15 is 0 Å². The number of allylic oxidation sites excluding steroid dienone is 1. The van der Waals surface area contributed by atoms with Gasteiger partial charge < -0.3 is 5.41 Å². The molecule has 0 radical (unpaired) electrons. The number of nitrogens with one attached hydrogen (secondary N) is 1. The molecular formula is C3H4ClN. The lowest BCUT2D eigenvalue weighted by molar-refractivity contribution is 1.58. The average molecular weight is 89.5 g/mol. The Hall–Kier alpha value is -0.300. The van der Waals surface area contributed by atoms with Gasteiger partial charge in [0.25, 0.3) is 0 Å². The zero-order chi connectivity index (χ0) is 4.12. The summed E-state index contributed by atoms with van der Waals surface area (Å²) in [6.07, 6.45) is 2.55. The first kappa shape index (κ1) is 4.70. The molecule has 0 amide bonds. The third kappa shape index (κ3) is 3.70. The molecule has 0 aliphatic heterocycles. The number of hydrogen-bond donors (Lipinski definition) is 1. The highest BCUT2D eigenvalue weighted by atomic mass is 35.5. The van der Waals surface area contributed by atoms with Gasteiger partial charge in [0.1, 0.15) is 0 Å². The molecule has 0 heterocycles. The van der Waals surface area contributed by atoms with Crippen molar-refractivity contribution in [3.05, 3.63) is 11.6 Å². The van der Waals surface area contributed by atoms with E-state index in [0.29, 0.717) is 0 Å². The van der Waals surface area contributed by atoms with Crippen LogP contribution in [0.3, 0.4) is 0 Å². The third-order valence-corrected chi connectivity index (χ3v) is 0.314. The maximum absolute atomic E-state index is 6.31. The van der Waals surface area contributed by atoms with Crippen LogP contribution in [0.25, 0.3) is 0 Å². The highest BCUT2D eigenvalue weighted by molar-refractivity contribution is 6.26. The third-order valence-electron chi connectivity index (χ3n) is 0.169. The van der Waals surface area contributed by atoms with E-state index < -0.39 is 0 Å². The van der Waals surface area contributed by atoms with Crippen molar-refractivity contribution in [1.29, 1.82) is 5.41 Å². The molecular weight excluding hydrogens is 85.5 g/mol. The van der Waals surface area contributed by atoms with Gasteiger partial charge in [-0.15, -0.1) is 0 Å². The molecule has 28 valence electrons. The Morgan fingerprint density at radius 2 is 2.20 bits per heavy atom. The van der Waals surface area contributed by atoms with Gasteiger partial charge in [0.15, 0.2) is 0 Å². The molecule has 0 saturated heterocycles. The van der Waals surface area contributed by atoms with Gasteiger partial charge in [-0.2, -0.15) is 0 Å². The average Bonchev–Trinajstić information content (AvgIpc) is 1.41. The van der Waals surface area contributed by atoms with Crippen LogP contribution >= 0.6 is 11.6 Å². The fraction of sp³-hybridized carbons (Fsp3) is 0. The van der Waals surface area contributed by atoms with E-state index in [-0.39, 0.29) is 0 Å². The Balaban J connectivity index is 2.92. The molecule has 5 heavy (non-hydrogen) atoms. The lowest BCUT2D eigenvalue weighted by atomic mass is 10.7. The van der Waals surface area contributed by atoms with Gasteiger partial charge in [-0.05, 0) is 6.08 Å². The van der Waals surface area contributed by atoms with Crippen LogP contribution in [0.4, 0.5) is 0 Å². The highest BCUT2D eigenvalue weighted by Gasteiger charge is 1.46. The van der Waals surface area contributed by atoms with Crippen LogP contribution in [0.15, 0.2) is 11.6 Å². The predicted molar refractivity (Wildman–Crippen MR) is 23.8 cm³/mol. The molecule has 0 spiro atoms. The lowest BCUT2D eigenvalue weighted by Gasteiger charge is -1.52. The van der Waals surface area contributed by atoms with Crippen LogP contribution < -0.4 is 0 Å². The second-order valence-electron chi connectivity index (χ2n) is 0.485. The Labute approximate surface area is 35.8 Å². The summed E-state index contributed by atoms with van der Waals surface area (Å²) in [5.41, 5.74) is 1.28. The zero-order valence-electron chi connectivity index (χ0n) is 2.61. The summed E-state index contributed by atoms with van der Waals surface area (Å²) >= 11 is 4.97. The van der Waals surface area contributed by atoms with E-state index in [2.05, 4.69) is 0 Å². The van der Waals surface area contributed by atoms with Crippen molar-refractivity contribution in [3.63, 3.8) is 0 Å². The highest BCUT2D eigenvalue weighted by Crippen LogP contribution is 1.69. The summed E-state index contributed by atoms with van der Waals surface area (Å²) in [5, 5.41) is 6.31. The Morgan fingerprint density at radius 1 is 1.60 bits per heavy atom. The summed E-state index contributed by atoms with van der Waals surface area (Å²) in [4.78, 5) is 0. The van der Waals surface area contributed by atoms with Crippen molar-refractivity contribution >= 4 is 17.8 Å². The van der Waals surface area contributed by atoms with Crippen LogP contribution in [0.2, 0.25) is 0 Å². The molecule has 0 aromatic heterocycles. The molecule has 0 saturated carbocycles. The van der Waals surface area contributed by atoms with Crippen molar-refractivity contribution in [1.82, 2.24) is 0 Å². The molecule has 0 bridgehead atoms. The van der Waals surface area contributed by atoms with E-state index in [1.54, 1.807) is 0 Å². The molecule has 1 N–H and O–H groups in total. The van der Waals surface area contributed by atoms with Gasteiger partial charge in [-0.1, -0.05) is 11.6 Å². The standard InChI is InChI=1S/C3H4ClN/c4-2-1-3-5/h1-3,5H/b2-1+,5-3?. The monoisotopic (exact) mass is 89.0 g/mol. The Morgan fingerprint density at radius 3 is 2.20 bits per heavy atom. The largest absolute Gasteiger partial charge is 0.309 e. The molecule has 0 unspecified atom stereocenters. The van der Waals surface area contributed by atoms with E-state index in [1.807, 2.05) is 0 Å². The SMILES string of the molecule is N=C/C=C/Cl. The maximum atomic E-state index is 6.31. The van der Waals surface area contributed by atoms with E-state index in [1.165, 1.54) is 11.6 Å². The van der Waals surface area contributed by atoms with Gasteiger partial charge in [-0.25, -0.2) is 0 Å². The smallest absolute Gasteiger partial charge is 0.0186 e. The second kappa shape index (κ2) is 3.70. The summed E-state index contributed by atoms with van der Waals surface area (Å²) < 4.78 is 0. The van der Waals surface area contributed by atoms with Crippen LogP contribution in [0.1, 0.15) is 0 Å². The van der Waals surface area contributed by atoms with E-state index in [9.17, 15) is 0 Å². The van der Waals surface area contributed by atoms with Crippen LogP contribution in [-0.4, -0.2) is 6.21 Å². The lowest BCUT2D eigenvalue weighted by Crippen LogP contribution is -1.45. The van der Waals surface area contributed by atoms with Crippen LogP contribution in [-0.2, 0) is 0 Å². The van der Waals surface area contributed by atoms with E-state index in [4.69, 9.17) is 17.0 Å². The number of rotatable bonds is 1. The zero-order valence-corrected chi connectivity index (χ0v) is 3.37. The molecule has 0 aliphatic carbocycles. The van der Waals surface area contributed by atoms with Crippen molar-refractivity contribution in [3.8, 4) is 0 Å². The summed E-state index contributed by atoms with van der Waals surface area (Å²) in [5.74, 6) is 0. The maximum Gasteiger partial charge on any atom is 0.0186 e. The topological polar surface area (TPSA) is 23.9 Å². The minimum atomic E-state index is 1.12. The Bertz CT molecular complexity index is 48.9. The van der Waals surface area contributed by atoms with Gasteiger partial charge in [-0.3, -0.25) is 0 Å². The Kier molecular flexibility index (Phi) is 3.48. The molecule has 0 rings (SSSR count). The van der Waals surface area contributed by atoms with Gasteiger partial charge in [0, 0.05) is 11.7 Å². The summed E-state index contributed by atoms with van der Waals surface area (Å²) in [6, 6.07) is 0. The van der Waals surface area contributed by atoms with Crippen molar-refractivity contribution < 1.29 is 0 Å². The van der Waals surface area contributed by atoms with Gasteiger partial charge >= 0.3 is 0 Å². The molecule has 0 aromatic rings. The first-order chi connectivity index (χ1) is 2.41. The van der Waals surface area contributed by atoms with Crippen molar-refractivity contribution in [2.24, 2.45) is 0 Å². The normalized spacial score (nSPS) is 9.00. The van der Waals surface area contributed by atoms with Gasteiger partial charge in [0.2, 0.25) is 0 Å². The summed E-state index contributed by atoms with van der Waals surface area (Å²) in [6.45, 7) is 0. The fourth-order valence-corrected chi connectivity index (χ4v) is 0.109. The van der Waals surface area contributed by atoms with Crippen molar-refractivity contribution in [2.45, 2.75) is 0 Å². The molecule has 2 heteroatoms. The van der Waals surface area contributed by atoms with Crippen LogP contribution in [0.5, 0.6) is 0 Å². The van der Waals surface area contributed by atoms with Crippen molar-refractivity contribution in [2.75, 3.05) is 0 Å². The predicted octanol–water partition coefficient (Wildman–Crippen LogP) is 1.39. The molecule has 0 atom stereocenters. The molecule has 0 fully saturated rings. The quantitative estimate of drug-likeness (QED) is 0.470. The van der Waals surface area contributed by atoms with Gasteiger partial charge in [0.05, 0.1) is 0 Å². The minimum absolute atomic E-state index is 1.12. The molecule has 1 nitrogen and oxygen atoms in total. The van der Waals surface area contributed by atoms with E-state index in [0.717, 1.165) is 6.21 Å². The number of halogens is 1. The summed E-state index contributed by atoms with van der Waals surface area (Å²) in [7, 11) is 0. The molecule has 0 aromatic carbocycles. The minimum Gasteiger partial charge on any atom is -0.309 e. The second-order valence-corrected chi connectivity index (χ2v) is 0.737. The molecule has 0 aliphatic rings. The fourth-order valence-electron chi connectivity index (χ4n) is 0.0364.